The van der Waals surface area contributed by atoms with Gasteiger partial charge in [-0.2, -0.15) is 0 Å². The van der Waals surface area contributed by atoms with Crippen molar-refractivity contribution >= 4 is 12.4 Å². The molecule has 0 aliphatic rings. The SMILES string of the molecule is CON(N)Cc1ccccc1.Cl. The first-order chi connectivity index (χ1) is 5.33. The molecular formula is C8H13ClN2O. The molecule has 12 heavy (non-hydrogen) atoms. The molecule has 1 rings (SSSR count). The maximum atomic E-state index is 5.42. The molecule has 1 aromatic rings. The van der Waals surface area contributed by atoms with Crippen LogP contribution in [0.1, 0.15) is 5.56 Å². The van der Waals surface area contributed by atoms with Crippen LogP contribution < -0.4 is 5.84 Å². The van der Waals surface area contributed by atoms with Gasteiger partial charge in [-0.05, 0) is 5.56 Å². The number of hydroxylamine groups is 1. The van der Waals surface area contributed by atoms with E-state index in [4.69, 9.17) is 10.7 Å². The Kier molecular flexibility index (Phi) is 5.66. The molecule has 0 fully saturated rings. The van der Waals surface area contributed by atoms with Crippen LogP contribution in [0.15, 0.2) is 30.3 Å². The average Bonchev–Trinajstić information content (AvgIpc) is 2.06. The summed E-state index contributed by atoms with van der Waals surface area (Å²) < 4.78 is 0. The van der Waals surface area contributed by atoms with Crippen LogP contribution in [0.2, 0.25) is 0 Å². The van der Waals surface area contributed by atoms with E-state index in [1.807, 2.05) is 30.3 Å². The molecular weight excluding hydrogens is 176 g/mol. The van der Waals surface area contributed by atoms with E-state index in [1.54, 1.807) is 7.11 Å². The minimum atomic E-state index is 0. The summed E-state index contributed by atoms with van der Waals surface area (Å²) in [5.41, 5.74) is 1.14. The summed E-state index contributed by atoms with van der Waals surface area (Å²) in [5.74, 6) is 5.42. The highest BCUT2D eigenvalue weighted by molar-refractivity contribution is 5.85. The summed E-state index contributed by atoms with van der Waals surface area (Å²) >= 11 is 0. The van der Waals surface area contributed by atoms with Gasteiger partial charge < -0.3 is 0 Å². The normalized spacial score (nSPS) is 9.58. The van der Waals surface area contributed by atoms with Crippen LogP contribution in [-0.2, 0) is 11.4 Å². The van der Waals surface area contributed by atoms with E-state index in [0.717, 1.165) is 5.56 Å². The number of hydrogen-bond donors (Lipinski definition) is 1. The van der Waals surface area contributed by atoms with E-state index in [0.29, 0.717) is 6.54 Å². The Labute approximate surface area is 78.5 Å². The number of hydrazine groups is 1. The smallest absolute Gasteiger partial charge is 0.0649 e. The van der Waals surface area contributed by atoms with Crippen molar-refractivity contribution in [3.8, 4) is 0 Å². The van der Waals surface area contributed by atoms with Gasteiger partial charge in [0.15, 0.2) is 0 Å². The van der Waals surface area contributed by atoms with Gasteiger partial charge in [0.2, 0.25) is 0 Å². The van der Waals surface area contributed by atoms with Crippen molar-refractivity contribution in [2.45, 2.75) is 6.54 Å². The molecule has 0 saturated heterocycles. The van der Waals surface area contributed by atoms with Crippen LogP contribution in [0, 0.1) is 0 Å². The molecule has 4 heteroatoms. The van der Waals surface area contributed by atoms with E-state index in [9.17, 15) is 0 Å². The van der Waals surface area contributed by atoms with Crippen molar-refractivity contribution in [3.05, 3.63) is 35.9 Å². The number of rotatable bonds is 3. The third-order valence-corrected chi connectivity index (χ3v) is 1.42. The summed E-state index contributed by atoms with van der Waals surface area (Å²) in [5, 5.41) is 1.29. The van der Waals surface area contributed by atoms with Crippen LogP contribution in [0.5, 0.6) is 0 Å². The third-order valence-electron chi connectivity index (χ3n) is 1.42. The van der Waals surface area contributed by atoms with Gasteiger partial charge in [0.25, 0.3) is 0 Å². The van der Waals surface area contributed by atoms with Gasteiger partial charge in [-0.3, -0.25) is 4.84 Å². The van der Waals surface area contributed by atoms with Crippen LogP contribution in [0.3, 0.4) is 0 Å². The Morgan fingerprint density at radius 3 is 2.42 bits per heavy atom. The summed E-state index contributed by atoms with van der Waals surface area (Å²) in [7, 11) is 1.54. The molecule has 0 aliphatic carbocycles. The fraction of sp³-hybridized carbons (Fsp3) is 0.250. The van der Waals surface area contributed by atoms with Crippen molar-refractivity contribution in [2.75, 3.05) is 7.11 Å². The van der Waals surface area contributed by atoms with Gasteiger partial charge >= 0.3 is 0 Å². The highest BCUT2D eigenvalue weighted by atomic mass is 35.5. The molecule has 3 nitrogen and oxygen atoms in total. The minimum Gasteiger partial charge on any atom is -0.287 e. The number of nitrogens with two attached hydrogens (primary N) is 1. The molecule has 0 saturated carbocycles. The van der Waals surface area contributed by atoms with Gasteiger partial charge in [-0.25, -0.2) is 5.84 Å². The molecule has 0 bridgehead atoms. The zero-order valence-corrected chi connectivity index (χ0v) is 7.75. The van der Waals surface area contributed by atoms with Gasteiger partial charge in [-0.15, -0.1) is 17.6 Å². The summed E-state index contributed by atoms with van der Waals surface area (Å²) in [6.07, 6.45) is 0. The minimum absolute atomic E-state index is 0. The van der Waals surface area contributed by atoms with Gasteiger partial charge in [0, 0.05) is 0 Å². The first-order valence-corrected chi connectivity index (χ1v) is 3.43. The van der Waals surface area contributed by atoms with Gasteiger partial charge in [-0.1, -0.05) is 30.3 Å². The molecule has 0 spiro atoms. The maximum Gasteiger partial charge on any atom is 0.0649 e. The van der Waals surface area contributed by atoms with E-state index in [-0.39, 0.29) is 12.4 Å². The Morgan fingerprint density at radius 2 is 1.92 bits per heavy atom. The Hall–Kier alpha value is -0.610. The highest BCUT2D eigenvalue weighted by Crippen LogP contribution is 2.00. The largest absolute Gasteiger partial charge is 0.287 e. The lowest BCUT2D eigenvalue weighted by Crippen LogP contribution is -2.28. The summed E-state index contributed by atoms with van der Waals surface area (Å²) in [4.78, 5) is 4.77. The van der Waals surface area contributed by atoms with Crippen LogP contribution in [-0.4, -0.2) is 12.3 Å². The van der Waals surface area contributed by atoms with E-state index >= 15 is 0 Å². The van der Waals surface area contributed by atoms with E-state index in [1.165, 1.54) is 5.17 Å². The van der Waals surface area contributed by atoms with Crippen molar-refractivity contribution in [2.24, 2.45) is 5.84 Å². The van der Waals surface area contributed by atoms with E-state index < -0.39 is 0 Å². The fourth-order valence-electron chi connectivity index (χ4n) is 0.828. The zero-order valence-electron chi connectivity index (χ0n) is 6.93. The monoisotopic (exact) mass is 188 g/mol. The lowest BCUT2D eigenvalue weighted by atomic mass is 10.2. The van der Waals surface area contributed by atoms with E-state index in [2.05, 4.69) is 0 Å². The van der Waals surface area contributed by atoms with Crippen LogP contribution in [0.25, 0.3) is 0 Å². The second-order valence-electron chi connectivity index (χ2n) is 2.24. The van der Waals surface area contributed by atoms with Crippen LogP contribution in [0.4, 0.5) is 0 Å². The lowest BCUT2D eigenvalue weighted by molar-refractivity contribution is -0.141. The predicted molar refractivity (Wildman–Crippen MR) is 50.4 cm³/mol. The molecule has 0 amide bonds. The Balaban J connectivity index is 0.00000121. The Morgan fingerprint density at radius 1 is 1.33 bits per heavy atom. The quantitative estimate of drug-likeness (QED) is 0.575. The third kappa shape index (κ3) is 3.69. The number of hydrogen-bond acceptors (Lipinski definition) is 3. The van der Waals surface area contributed by atoms with Crippen molar-refractivity contribution < 1.29 is 4.84 Å². The molecule has 0 radical (unpaired) electrons. The van der Waals surface area contributed by atoms with Crippen LogP contribution >= 0.6 is 12.4 Å². The van der Waals surface area contributed by atoms with Crippen molar-refractivity contribution in [1.29, 1.82) is 0 Å². The zero-order chi connectivity index (χ0) is 8.10. The summed E-state index contributed by atoms with van der Waals surface area (Å²) in [6.45, 7) is 0.608. The molecule has 2 N–H and O–H groups in total. The average molecular weight is 189 g/mol. The first-order valence-electron chi connectivity index (χ1n) is 3.43. The predicted octanol–water partition coefficient (Wildman–Crippen LogP) is 1.35. The molecule has 0 aromatic heterocycles. The Bertz CT molecular complexity index is 205. The standard InChI is InChI=1S/C8H12N2O.ClH/c1-11-10(9)7-8-5-3-2-4-6-8;/h2-6H,7,9H2,1H3;1H. The van der Waals surface area contributed by atoms with Gasteiger partial charge in [0.1, 0.15) is 0 Å². The van der Waals surface area contributed by atoms with Gasteiger partial charge in [0.05, 0.1) is 13.7 Å². The molecule has 68 valence electrons. The first kappa shape index (κ1) is 11.4. The second kappa shape index (κ2) is 5.97. The molecule has 0 aliphatic heterocycles. The topological polar surface area (TPSA) is 38.5 Å². The molecule has 0 heterocycles. The highest BCUT2D eigenvalue weighted by Gasteiger charge is 1.95. The number of nitrogens with zero attached hydrogens (tertiary/aromatic N) is 1. The second-order valence-corrected chi connectivity index (χ2v) is 2.24. The molecule has 0 unspecified atom stereocenters. The number of benzene rings is 1. The lowest BCUT2D eigenvalue weighted by Gasteiger charge is -2.11. The molecule has 1 aromatic carbocycles. The molecule has 0 atom stereocenters. The summed E-state index contributed by atoms with van der Waals surface area (Å²) in [6, 6.07) is 9.91. The number of halogens is 1. The van der Waals surface area contributed by atoms with Crippen molar-refractivity contribution in [3.63, 3.8) is 0 Å². The van der Waals surface area contributed by atoms with Crippen molar-refractivity contribution in [1.82, 2.24) is 5.17 Å². The fourth-order valence-corrected chi connectivity index (χ4v) is 0.828. The maximum absolute atomic E-state index is 5.42.